The lowest BCUT2D eigenvalue weighted by molar-refractivity contribution is 0.297. The Morgan fingerprint density at radius 2 is 2.40 bits per heavy atom. The zero-order valence-electron chi connectivity index (χ0n) is 8.70. The molecule has 0 spiro atoms. The Morgan fingerprint density at radius 1 is 1.53 bits per heavy atom. The molecule has 0 aromatic carbocycles. The van der Waals surface area contributed by atoms with Gasteiger partial charge in [0.15, 0.2) is 0 Å². The summed E-state index contributed by atoms with van der Waals surface area (Å²) in [5.74, 6) is 0.834. The van der Waals surface area contributed by atoms with Gasteiger partial charge in [0.25, 0.3) is 0 Å². The van der Waals surface area contributed by atoms with Crippen molar-refractivity contribution in [1.82, 2.24) is 10.3 Å². The molecule has 2 aliphatic heterocycles. The number of nitrogens with one attached hydrogen (secondary N) is 1. The van der Waals surface area contributed by atoms with E-state index < -0.39 is 0 Å². The molecule has 1 N–H and O–H groups in total. The third kappa shape index (κ3) is 1.50. The number of pyridine rings is 1. The van der Waals surface area contributed by atoms with Gasteiger partial charge in [-0.1, -0.05) is 11.6 Å². The highest BCUT2D eigenvalue weighted by molar-refractivity contribution is 6.30. The van der Waals surface area contributed by atoms with Crippen LogP contribution in [-0.4, -0.2) is 30.7 Å². The third-order valence-electron chi connectivity index (χ3n) is 3.45. The first-order chi connectivity index (χ1) is 7.24. The molecule has 80 valence electrons. The molecule has 1 aromatic heterocycles. The molecule has 0 radical (unpaired) electrons. The van der Waals surface area contributed by atoms with E-state index in [1.165, 1.54) is 12.2 Å². The van der Waals surface area contributed by atoms with Crippen molar-refractivity contribution < 1.29 is 0 Å². The molecule has 2 saturated heterocycles. The van der Waals surface area contributed by atoms with E-state index in [9.17, 15) is 0 Å². The van der Waals surface area contributed by atoms with Gasteiger partial charge in [-0.2, -0.15) is 0 Å². The third-order valence-corrected chi connectivity index (χ3v) is 3.84. The van der Waals surface area contributed by atoms with Crippen molar-refractivity contribution in [3.8, 4) is 0 Å². The van der Waals surface area contributed by atoms with Crippen LogP contribution in [0.3, 0.4) is 0 Å². The zero-order chi connectivity index (χ0) is 10.4. The molecule has 2 aliphatic rings. The van der Waals surface area contributed by atoms with Gasteiger partial charge in [-0.25, -0.2) is 4.98 Å². The zero-order valence-corrected chi connectivity index (χ0v) is 9.46. The van der Waals surface area contributed by atoms with E-state index in [1.54, 1.807) is 0 Å². The van der Waals surface area contributed by atoms with Crippen LogP contribution in [-0.2, 0) is 0 Å². The molecule has 4 heteroatoms. The molecular formula is C11H14ClN3. The molecule has 3 nitrogen and oxygen atoms in total. The number of hydrogen-bond donors (Lipinski definition) is 1. The molecule has 1 aromatic rings. The highest BCUT2D eigenvalue weighted by atomic mass is 35.5. The molecule has 0 unspecified atom stereocenters. The van der Waals surface area contributed by atoms with Crippen molar-refractivity contribution in [2.24, 2.45) is 5.92 Å². The van der Waals surface area contributed by atoms with Gasteiger partial charge < -0.3 is 10.2 Å². The second-order valence-electron chi connectivity index (χ2n) is 4.48. The maximum absolute atomic E-state index is 5.92. The molecule has 2 fully saturated rings. The normalized spacial score (nSPS) is 28.8. The fourth-order valence-corrected chi connectivity index (χ4v) is 2.48. The van der Waals surface area contributed by atoms with E-state index in [1.807, 2.05) is 13.1 Å². The highest BCUT2D eigenvalue weighted by Crippen LogP contribution is 2.29. The molecule has 2 atom stereocenters. The lowest BCUT2D eigenvalue weighted by Crippen LogP contribution is -2.51. The van der Waals surface area contributed by atoms with Gasteiger partial charge in [0, 0.05) is 31.6 Å². The standard InChI is InChI=1S/C11H14ClN3/c1-7-2-9(4-14-11(7)12)15-5-8-3-13-10(8)6-15/h2,4,8,10,13H,3,5-6H2,1H3/t8-,10+/m0/s1. The van der Waals surface area contributed by atoms with E-state index in [0.717, 1.165) is 24.6 Å². The van der Waals surface area contributed by atoms with Crippen molar-refractivity contribution in [3.05, 3.63) is 23.0 Å². The highest BCUT2D eigenvalue weighted by Gasteiger charge is 2.39. The molecular weight excluding hydrogens is 210 g/mol. The Morgan fingerprint density at radius 3 is 2.93 bits per heavy atom. The molecule has 3 rings (SSSR count). The van der Waals surface area contributed by atoms with Gasteiger partial charge >= 0.3 is 0 Å². The van der Waals surface area contributed by atoms with E-state index in [4.69, 9.17) is 11.6 Å². The topological polar surface area (TPSA) is 28.2 Å². The predicted molar refractivity (Wildman–Crippen MR) is 61.5 cm³/mol. The molecule has 0 bridgehead atoms. The first kappa shape index (κ1) is 9.43. The first-order valence-corrected chi connectivity index (χ1v) is 5.72. The molecule has 3 heterocycles. The number of rotatable bonds is 1. The number of hydrogen-bond acceptors (Lipinski definition) is 3. The van der Waals surface area contributed by atoms with Crippen LogP contribution in [0.1, 0.15) is 5.56 Å². The predicted octanol–water partition coefficient (Wildman–Crippen LogP) is 1.45. The van der Waals surface area contributed by atoms with Crippen LogP contribution in [0, 0.1) is 12.8 Å². The van der Waals surface area contributed by atoms with Crippen LogP contribution < -0.4 is 10.2 Å². The molecule has 15 heavy (non-hydrogen) atoms. The molecule has 0 amide bonds. The maximum atomic E-state index is 5.92. The van der Waals surface area contributed by atoms with E-state index >= 15 is 0 Å². The number of aryl methyl sites for hydroxylation is 1. The van der Waals surface area contributed by atoms with Gasteiger partial charge in [-0.3, -0.25) is 0 Å². The van der Waals surface area contributed by atoms with E-state index in [2.05, 4.69) is 21.3 Å². The lowest BCUT2D eigenvalue weighted by Gasteiger charge is -2.29. The number of nitrogens with zero attached hydrogens (tertiary/aromatic N) is 2. The van der Waals surface area contributed by atoms with Crippen molar-refractivity contribution in [1.29, 1.82) is 0 Å². The second-order valence-corrected chi connectivity index (χ2v) is 4.84. The van der Waals surface area contributed by atoms with E-state index in [0.29, 0.717) is 11.2 Å². The van der Waals surface area contributed by atoms with Crippen LogP contribution in [0.5, 0.6) is 0 Å². The monoisotopic (exact) mass is 223 g/mol. The van der Waals surface area contributed by atoms with Crippen LogP contribution in [0.25, 0.3) is 0 Å². The summed E-state index contributed by atoms with van der Waals surface area (Å²) < 4.78 is 0. The number of anilines is 1. The Balaban J connectivity index is 1.84. The minimum atomic E-state index is 0.610. The van der Waals surface area contributed by atoms with Gasteiger partial charge in [0.05, 0.1) is 11.9 Å². The number of aromatic nitrogens is 1. The van der Waals surface area contributed by atoms with Crippen LogP contribution in [0.2, 0.25) is 5.15 Å². The van der Waals surface area contributed by atoms with Crippen LogP contribution in [0.4, 0.5) is 5.69 Å². The van der Waals surface area contributed by atoms with Gasteiger partial charge in [-0.05, 0) is 18.6 Å². The number of fused-ring (bicyclic) bond motifs is 1. The van der Waals surface area contributed by atoms with Crippen LogP contribution >= 0.6 is 11.6 Å². The Hall–Kier alpha value is -0.800. The summed E-state index contributed by atoms with van der Waals surface area (Å²) in [7, 11) is 0. The fraction of sp³-hybridized carbons (Fsp3) is 0.545. The van der Waals surface area contributed by atoms with Crippen molar-refractivity contribution >= 4 is 17.3 Å². The minimum Gasteiger partial charge on any atom is -0.368 e. The molecule has 0 saturated carbocycles. The molecule has 0 aliphatic carbocycles. The largest absolute Gasteiger partial charge is 0.368 e. The van der Waals surface area contributed by atoms with Gasteiger partial charge in [-0.15, -0.1) is 0 Å². The van der Waals surface area contributed by atoms with Gasteiger partial charge in [0.1, 0.15) is 5.15 Å². The smallest absolute Gasteiger partial charge is 0.132 e. The quantitative estimate of drug-likeness (QED) is 0.731. The van der Waals surface area contributed by atoms with E-state index in [-0.39, 0.29) is 0 Å². The summed E-state index contributed by atoms with van der Waals surface area (Å²) in [6.07, 6.45) is 1.88. The van der Waals surface area contributed by atoms with Crippen molar-refractivity contribution in [2.45, 2.75) is 13.0 Å². The summed E-state index contributed by atoms with van der Waals surface area (Å²) in [6.45, 7) is 5.43. The van der Waals surface area contributed by atoms with Crippen molar-refractivity contribution in [3.63, 3.8) is 0 Å². The van der Waals surface area contributed by atoms with Crippen molar-refractivity contribution in [2.75, 3.05) is 24.5 Å². The summed E-state index contributed by atoms with van der Waals surface area (Å²) in [4.78, 5) is 6.59. The minimum absolute atomic E-state index is 0.610. The van der Waals surface area contributed by atoms with Gasteiger partial charge in [0.2, 0.25) is 0 Å². The summed E-state index contributed by atoms with van der Waals surface area (Å²) >= 11 is 5.92. The maximum Gasteiger partial charge on any atom is 0.132 e. The summed E-state index contributed by atoms with van der Waals surface area (Å²) in [6, 6.07) is 2.82. The SMILES string of the molecule is Cc1cc(N2C[C@@H]3CN[C@@H]3C2)cnc1Cl. The summed E-state index contributed by atoms with van der Waals surface area (Å²) in [5, 5.41) is 4.06. The average molecular weight is 224 g/mol. The Kier molecular flexibility index (Phi) is 2.11. The fourth-order valence-electron chi connectivity index (χ4n) is 2.38. The summed E-state index contributed by atoms with van der Waals surface area (Å²) in [5.41, 5.74) is 2.26. The number of halogens is 1. The lowest BCUT2D eigenvalue weighted by atomic mass is 9.96. The Bertz CT molecular complexity index is 381. The average Bonchev–Trinajstić information content (AvgIpc) is 2.48. The first-order valence-electron chi connectivity index (χ1n) is 5.34. The Labute approximate surface area is 94.4 Å². The second kappa shape index (κ2) is 3.35. The van der Waals surface area contributed by atoms with Crippen LogP contribution in [0.15, 0.2) is 12.3 Å².